The van der Waals surface area contributed by atoms with Gasteiger partial charge in [-0.25, -0.2) is 0 Å². The summed E-state index contributed by atoms with van der Waals surface area (Å²) in [5.74, 6) is 0.445. The molecule has 1 aliphatic carbocycles. The van der Waals surface area contributed by atoms with Gasteiger partial charge in [-0.2, -0.15) is 0 Å². The van der Waals surface area contributed by atoms with Gasteiger partial charge in [0.1, 0.15) is 0 Å². The quantitative estimate of drug-likeness (QED) is 0.697. The first kappa shape index (κ1) is 6.92. The fraction of sp³-hybridized carbons (Fsp3) is 0.556. The van der Waals surface area contributed by atoms with Crippen LogP contribution in [0.25, 0.3) is 0 Å². The second-order valence-electron chi connectivity index (χ2n) is 3.51. The molecule has 0 radical (unpaired) electrons. The fourth-order valence-corrected chi connectivity index (χ4v) is 1.66. The lowest BCUT2D eigenvalue weighted by Crippen LogP contribution is -2.04. The highest BCUT2D eigenvalue weighted by Gasteiger charge is 2.51. The molecule has 60 valence electrons. The van der Waals surface area contributed by atoms with Gasteiger partial charge in [0.25, 0.3) is 0 Å². The largest absolute Gasteiger partial charge is 0.472 e. The summed E-state index contributed by atoms with van der Waals surface area (Å²) < 4.78 is 4.99. The summed E-state index contributed by atoms with van der Waals surface area (Å²) in [6.45, 7) is 2.46. The van der Waals surface area contributed by atoms with Crippen LogP contribution in [0.4, 0.5) is 0 Å². The van der Waals surface area contributed by atoms with Crippen LogP contribution in [0, 0.1) is 5.92 Å². The van der Waals surface area contributed by atoms with Gasteiger partial charge >= 0.3 is 0 Å². The molecule has 2 atom stereocenters. The van der Waals surface area contributed by atoms with E-state index in [1.165, 1.54) is 5.56 Å². The molecule has 0 aromatic carbocycles. The van der Waals surface area contributed by atoms with Crippen molar-refractivity contribution >= 4 is 0 Å². The Morgan fingerprint density at radius 2 is 2.64 bits per heavy atom. The van der Waals surface area contributed by atoms with Crippen LogP contribution in [0.3, 0.4) is 0 Å². The SMILES string of the molecule is CC1(c2ccoc2)CC1CO. The molecule has 0 saturated heterocycles. The lowest BCUT2D eigenvalue weighted by molar-refractivity contribution is 0.265. The van der Waals surface area contributed by atoms with Crippen LogP contribution in [-0.4, -0.2) is 11.7 Å². The van der Waals surface area contributed by atoms with Gasteiger partial charge in [-0.3, -0.25) is 0 Å². The number of hydrogen-bond acceptors (Lipinski definition) is 2. The van der Waals surface area contributed by atoms with Crippen molar-refractivity contribution in [3.8, 4) is 0 Å². The number of furan rings is 1. The minimum Gasteiger partial charge on any atom is -0.472 e. The molecule has 1 heterocycles. The molecule has 1 N–H and O–H groups in total. The number of aliphatic hydroxyl groups excluding tert-OH is 1. The first-order valence-electron chi connectivity index (χ1n) is 3.91. The predicted molar refractivity (Wildman–Crippen MR) is 41.3 cm³/mol. The average molecular weight is 152 g/mol. The molecular weight excluding hydrogens is 140 g/mol. The van der Waals surface area contributed by atoms with Crippen LogP contribution in [0.15, 0.2) is 23.0 Å². The van der Waals surface area contributed by atoms with Gasteiger partial charge in [-0.15, -0.1) is 0 Å². The van der Waals surface area contributed by atoms with Crippen molar-refractivity contribution in [2.45, 2.75) is 18.8 Å². The van der Waals surface area contributed by atoms with Crippen LogP contribution in [0.1, 0.15) is 18.9 Å². The van der Waals surface area contributed by atoms with Crippen LogP contribution >= 0.6 is 0 Å². The van der Waals surface area contributed by atoms with Crippen LogP contribution < -0.4 is 0 Å². The van der Waals surface area contributed by atoms with E-state index in [0.29, 0.717) is 12.5 Å². The number of aliphatic hydroxyl groups is 1. The second kappa shape index (κ2) is 2.11. The van der Waals surface area contributed by atoms with Crippen LogP contribution in [-0.2, 0) is 5.41 Å². The van der Waals surface area contributed by atoms with E-state index in [4.69, 9.17) is 9.52 Å². The topological polar surface area (TPSA) is 33.4 Å². The lowest BCUT2D eigenvalue weighted by atomic mass is 9.99. The van der Waals surface area contributed by atoms with E-state index in [0.717, 1.165) is 6.42 Å². The van der Waals surface area contributed by atoms with E-state index in [1.807, 2.05) is 6.07 Å². The van der Waals surface area contributed by atoms with Gasteiger partial charge in [0.05, 0.1) is 12.5 Å². The minimum absolute atomic E-state index is 0.196. The Kier molecular flexibility index (Phi) is 1.33. The molecule has 2 rings (SSSR count). The molecule has 1 aromatic rings. The van der Waals surface area contributed by atoms with Gasteiger partial charge in [-0.05, 0) is 24.0 Å². The fourth-order valence-electron chi connectivity index (χ4n) is 1.66. The summed E-state index contributed by atoms with van der Waals surface area (Å²) in [5, 5.41) is 8.91. The molecule has 2 unspecified atom stereocenters. The molecular formula is C9H12O2. The maximum absolute atomic E-state index is 8.91. The van der Waals surface area contributed by atoms with E-state index in [1.54, 1.807) is 12.5 Å². The highest BCUT2D eigenvalue weighted by Crippen LogP contribution is 2.53. The standard InChI is InChI=1S/C9H12O2/c1-9(4-8(9)5-10)7-2-3-11-6-7/h2-3,6,8,10H,4-5H2,1H3. The highest BCUT2D eigenvalue weighted by molar-refractivity contribution is 5.28. The molecule has 1 aliphatic rings. The molecule has 11 heavy (non-hydrogen) atoms. The van der Waals surface area contributed by atoms with Gasteiger partial charge in [0.15, 0.2) is 0 Å². The molecule has 1 fully saturated rings. The average Bonchev–Trinajstić information content (AvgIpc) is 2.55. The third-order valence-corrected chi connectivity index (χ3v) is 2.81. The summed E-state index contributed by atoms with van der Waals surface area (Å²) in [6.07, 6.45) is 4.55. The summed E-state index contributed by atoms with van der Waals surface area (Å²) in [4.78, 5) is 0. The van der Waals surface area contributed by atoms with Crippen molar-refractivity contribution in [3.05, 3.63) is 24.2 Å². The predicted octanol–water partition coefficient (Wildman–Crippen LogP) is 1.55. The highest BCUT2D eigenvalue weighted by atomic mass is 16.3. The Balaban J connectivity index is 2.19. The Bertz CT molecular complexity index is 240. The zero-order valence-corrected chi connectivity index (χ0v) is 6.58. The smallest absolute Gasteiger partial charge is 0.0940 e. The van der Waals surface area contributed by atoms with Crippen molar-refractivity contribution < 1.29 is 9.52 Å². The van der Waals surface area contributed by atoms with E-state index < -0.39 is 0 Å². The molecule has 0 bridgehead atoms. The molecule has 0 aliphatic heterocycles. The summed E-state index contributed by atoms with van der Waals surface area (Å²) >= 11 is 0. The molecule has 2 heteroatoms. The summed E-state index contributed by atoms with van der Waals surface area (Å²) in [5.41, 5.74) is 1.42. The van der Waals surface area contributed by atoms with Gasteiger partial charge in [-0.1, -0.05) is 6.92 Å². The van der Waals surface area contributed by atoms with E-state index in [2.05, 4.69) is 6.92 Å². The molecule has 1 aromatic heterocycles. The second-order valence-corrected chi connectivity index (χ2v) is 3.51. The molecule has 2 nitrogen and oxygen atoms in total. The van der Waals surface area contributed by atoms with Crippen LogP contribution in [0.2, 0.25) is 0 Å². The number of rotatable bonds is 2. The zero-order chi connectivity index (χ0) is 7.90. The molecule has 0 spiro atoms. The summed E-state index contributed by atoms with van der Waals surface area (Å²) in [6, 6.07) is 1.98. The third kappa shape index (κ3) is 0.897. The maximum Gasteiger partial charge on any atom is 0.0940 e. The first-order valence-corrected chi connectivity index (χ1v) is 3.91. The van der Waals surface area contributed by atoms with Crippen molar-refractivity contribution in [3.63, 3.8) is 0 Å². The third-order valence-electron chi connectivity index (χ3n) is 2.81. The zero-order valence-electron chi connectivity index (χ0n) is 6.58. The van der Waals surface area contributed by atoms with Crippen molar-refractivity contribution in [2.75, 3.05) is 6.61 Å². The van der Waals surface area contributed by atoms with Gasteiger partial charge < -0.3 is 9.52 Å². The van der Waals surface area contributed by atoms with Crippen LogP contribution in [0.5, 0.6) is 0 Å². The van der Waals surface area contributed by atoms with Gasteiger partial charge in [0.2, 0.25) is 0 Å². The molecule has 0 amide bonds. The first-order chi connectivity index (χ1) is 5.27. The lowest BCUT2D eigenvalue weighted by Gasteiger charge is -2.05. The van der Waals surface area contributed by atoms with Crippen molar-refractivity contribution in [2.24, 2.45) is 5.92 Å². The van der Waals surface area contributed by atoms with Crippen molar-refractivity contribution in [1.29, 1.82) is 0 Å². The Labute approximate surface area is 65.8 Å². The number of hydrogen-bond donors (Lipinski definition) is 1. The van der Waals surface area contributed by atoms with E-state index in [9.17, 15) is 0 Å². The maximum atomic E-state index is 8.91. The van der Waals surface area contributed by atoms with Gasteiger partial charge in [0, 0.05) is 12.0 Å². The molecule has 1 saturated carbocycles. The Hall–Kier alpha value is -0.760. The van der Waals surface area contributed by atoms with E-state index in [-0.39, 0.29) is 5.41 Å². The Morgan fingerprint density at radius 1 is 1.82 bits per heavy atom. The van der Waals surface area contributed by atoms with Crippen molar-refractivity contribution in [1.82, 2.24) is 0 Å². The Morgan fingerprint density at radius 3 is 3.09 bits per heavy atom. The monoisotopic (exact) mass is 152 g/mol. The normalized spacial score (nSPS) is 35.6. The van der Waals surface area contributed by atoms with E-state index >= 15 is 0 Å². The minimum atomic E-state index is 0.196. The summed E-state index contributed by atoms with van der Waals surface area (Å²) in [7, 11) is 0.